The van der Waals surface area contributed by atoms with Crippen LogP contribution >= 0.6 is 0 Å². The number of hydrogen-bond donors (Lipinski definition) is 1. The first kappa shape index (κ1) is 11.3. The van der Waals surface area contributed by atoms with Crippen molar-refractivity contribution >= 4 is 5.97 Å². The van der Waals surface area contributed by atoms with Crippen LogP contribution in [0.3, 0.4) is 0 Å². The van der Waals surface area contributed by atoms with Crippen LogP contribution in [0.4, 0.5) is 0 Å². The van der Waals surface area contributed by atoms with Crippen molar-refractivity contribution < 1.29 is 9.90 Å². The normalized spacial score (nSPS) is 20.4. The molecule has 1 fully saturated rings. The Balaban J connectivity index is 2.78. The number of rotatable bonds is 3. The van der Waals surface area contributed by atoms with Crippen LogP contribution in [0.25, 0.3) is 0 Å². The molecule has 2 nitrogen and oxygen atoms in total. The summed E-state index contributed by atoms with van der Waals surface area (Å²) in [5.41, 5.74) is 1.76. The van der Waals surface area contributed by atoms with Crippen LogP contribution < -0.4 is 0 Å². The first-order valence-electron chi connectivity index (χ1n) is 5.59. The van der Waals surface area contributed by atoms with Crippen molar-refractivity contribution in [3.05, 3.63) is 11.1 Å². The van der Waals surface area contributed by atoms with E-state index in [0.29, 0.717) is 11.5 Å². The van der Waals surface area contributed by atoms with Gasteiger partial charge in [0.2, 0.25) is 0 Å². The van der Waals surface area contributed by atoms with Gasteiger partial charge in [0.25, 0.3) is 0 Å². The van der Waals surface area contributed by atoms with Crippen molar-refractivity contribution in [2.24, 2.45) is 5.92 Å². The van der Waals surface area contributed by atoms with E-state index in [9.17, 15) is 4.79 Å². The van der Waals surface area contributed by atoms with Gasteiger partial charge in [-0.05, 0) is 32.1 Å². The lowest BCUT2D eigenvalue weighted by atomic mass is 9.81. The van der Waals surface area contributed by atoms with E-state index in [4.69, 9.17) is 5.11 Å². The van der Waals surface area contributed by atoms with E-state index >= 15 is 0 Å². The molecule has 0 aromatic heterocycles. The molecular formula is C12H20O2. The highest BCUT2D eigenvalue weighted by molar-refractivity contribution is 5.86. The van der Waals surface area contributed by atoms with E-state index in [1.807, 2.05) is 0 Å². The van der Waals surface area contributed by atoms with Gasteiger partial charge in [0.15, 0.2) is 0 Å². The number of allylic oxidation sites excluding steroid dienone is 1. The third kappa shape index (κ3) is 2.60. The number of aliphatic carboxylic acids is 1. The largest absolute Gasteiger partial charge is 0.478 e. The second-order valence-corrected chi connectivity index (χ2v) is 4.14. The maximum Gasteiger partial charge on any atom is 0.331 e. The van der Waals surface area contributed by atoms with Crippen molar-refractivity contribution in [2.45, 2.75) is 52.4 Å². The lowest BCUT2D eigenvalue weighted by Gasteiger charge is -2.25. The molecule has 80 valence electrons. The van der Waals surface area contributed by atoms with Gasteiger partial charge >= 0.3 is 5.97 Å². The average Bonchev–Trinajstić information content (AvgIpc) is 2.20. The summed E-state index contributed by atoms with van der Waals surface area (Å²) in [6.45, 7) is 3.81. The summed E-state index contributed by atoms with van der Waals surface area (Å²) >= 11 is 0. The van der Waals surface area contributed by atoms with Crippen LogP contribution in [0.5, 0.6) is 0 Å². The Morgan fingerprint density at radius 2 is 1.86 bits per heavy atom. The zero-order chi connectivity index (χ0) is 10.6. The minimum absolute atomic E-state index is 0.546. The number of carboxylic acid groups (broad SMARTS) is 1. The SMILES string of the molecule is CCC(=C(C)C(=O)O)C1CCCCC1. The zero-order valence-corrected chi connectivity index (χ0v) is 9.18. The summed E-state index contributed by atoms with van der Waals surface area (Å²) in [6.07, 6.45) is 7.12. The summed E-state index contributed by atoms with van der Waals surface area (Å²) in [4.78, 5) is 10.9. The molecule has 0 saturated heterocycles. The molecule has 1 rings (SSSR count). The standard InChI is InChI=1S/C12H20O2/c1-3-11(9(2)12(13)14)10-7-5-4-6-8-10/h10H,3-8H2,1-2H3,(H,13,14). The van der Waals surface area contributed by atoms with E-state index < -0.39 is 5.97 Å². The molecule has 1 N–H and O–H groups in total. The van der Waals surface area contributed by atoms with Gasteiger partial charge in [0, 0.05) is 5.57 Å². The Morgan fingerprint density at radius 3 is 2.29 bits per heavy atom. The Bertz CT molecular complexity index is 235. The number of carbonyl (C=O) groups is 1. The van der Waals surface area contributed by atoms with Gasteiger partial charge in [0.05, 0.1) is 0 Å². The smallest absolute Gasteiger partial charge is 0.331 e. The minimum Gasteiger partial charge on any atom is -0.478 e. The molecule has 0 aromatic rings. The van der Waals surface area contributed by atoms with E-state index in [2.05, 4.69) is 6.92 Å². The van der Waals surface area contributed by atoms with Gasteiger partial charge in [0.1, 0.15) is 0 Å². The van der Waals surface area contributed by atoms with E-state index in [0.717, 1.165) is 6.42 Å². The molecule has 0 aromatic carbocycles. The molecule has 0 aliphatic heterocycles. The molecular weight excluding hydrogens is 176 g/mol. The van der Waals surface area contributed by atoms with Crippen LogP contribution in [-0.2, 0) is 4.79 Å². The quantitative estimate of drug-likeness (QED) is 0.702. The van der Waals surface area contributed by atoms with Crippen LogP contribution in [0.15, 0.2) is 11.1 Å². The summed E-state index contributed by atoms with van der Waals surface area (Å²) in [6, 6.07) is 0. The summed E-state index contributed by atoms with van der Waals surface area (Å²) < 4.78 is 0. The van der Waals surface area contributed by atoms with Crippen LogP contribution in [0.2, 0.25) is 0 Å². The Labute approximate surface area is 86.0 Å². The van der Waals surface area contributed by atoms with Gasteiger partial charge in [-0.2, -0.15) is 0 Å². The van der Waals surface area contributed by atoms with Gasteiger partial charge in [-0.25, -0.2) is 4.79 Å². The van der Waals surface area contributed by atoms with Gasteiger partial charge in [-0.1, -0.05) is 31.8 Å². The highest BCUT2D eigenvalue weighted by Gasteiger charge is 2.20. The van der Waals surface area contributed by atoms with Crippen LogP contribution in [0, 0.1) is 5.92 Å². The topological polar surface area (TPSA) is 37.3 Å². The van der Waals surface area contributed by atoms with Gasteiger partial charge in [-0.15, -0.1) is 0 Å². The van der Waals surface area contributed by atoms with Crippen molar-refractivity contribution in [3.63, 3.8) is 0 Å². The Hall–Kier alpha value is -0.790. The predicted octanol–water partition coefficient (Wildman–Crippen LogP) is 3.38. The first-order valence-corrected chi connectivity index (χ1v) is 5.59. The van der Waals surface area contributed by atoms with Crippen molar-refractivity contribution in [1.29, 1.82) is 0 Å². The van der Waals surface area contributed by atoms with E-state index in [1.54, 1.807) is 6.92 Å². The third-order valence-electron chi connectivity index (χ3n) is 3.28. The lowest BCUT2D eigenvalue weighted by molar-refractivity contribution is -0.132. The molecule has 0 heterocycles. The first-order chi connectivity index (χ1) is 6.66. The molecule has 0 amide bonds. The summed E-state index contributed by atoms with van der Waals surface area (Å²) in [7, 11) is 0. The Kier molecular flexibility index (Phi) is 4.18. The highest BCUT2D eigenvalue weighted by atomic mass is 16.4. The molecule has 0 radical (unpaired) electrons. The van der Waals surface area contributed by atoms with Crippen molar-refractivity contribution in [3.8, 4) is 0 Å². The average molecular weight is 196 g/mol. The maximum atomic E-state index is 10.9. The van der Waals surface area contributed by atoms with Crippen LogP contribution in [0.1, 0.15) is 52.4 Å². The second-order valence-electron chi connectivity index (χ2n) is 4.14. The molecule has 0 unspecified atom stereocenters. The van der Waals surface area contributed by atoms with Crippen molar-refractivity contribution in [1.82, 2.24) is 0 Å². The fourth-order valence-corrected chi connectivity index (χ4v) is 2.45. The second kappa shape index (κ2) is 5.18. The molecule has 1 aliphatic carbocycles. The minimum atomic E-state index is -0.743. The summed E-state index contributed by atoms with van der Waals surface area (Å²) in [5.74, 6) is -0.197. The van der Waals surface area contributed by atoms with E-state index in [1.165, 1.54) is 37.7 Å². The summed E-state index contributed by atoms with van der Waals surface area (Å²) in [5, 5.41) is 8.96. The Morgan fingerprint density at radius 1 is 1.29 bits per heavy atom. The fourth-order valence-electron chi connectivity index (χ4n) is 2.45. The molecule has 2 heteroatoms. The monoisotopic (exact) mass is 196 g/mol. The number of carboxylic acids is 1. The molecule has 1 aliphatic rings. The predicted molar refractivity (Wildman–Crippen MR) is 57.2 cm³/mol. The van der Waals surface area contributed by atoms with Crippen molar-refractivity contribution in [2.75, 3.05) is 0 Å². The molecule has 0 bridgehead atoms. The molecule has 0 spiro atoms. The zero-order valence-electron chi connectivity index (χ0n) is 9.18. The van der Waals surface area contributed by atoms with Crippen LogP contribution in [-0.4, -0.2) is 11.1 Å². The van der Waals surface area contributed by atoms with Gasteiger partial charge < -0.3 is 5.11 Å². The molecule has 14 heavy (non-hydrogen) atoms. The fraction of sp³-hybridized carbons (Fsp3) is 0.750. The highest BCUT2D eigenvalue weighted by Crippen LogP contribution is 2.32. The lowest BCUT2D eigenvalue weighted by Crippen LogP contribution is -2.13. The maximum absolute atomic E-state index is 10.9. The number of hydrogen-bond acceptors (Lipinski definition) is 1. The molecule has 0 atom stereocenters. The molecule has 1 saturated carbocycles. The van der Waals surface area contributed by atoms with Gasteiger partial charge in [-0.3, -0.25) is 0 Å². The third-order valence-corrected chi connectivity index (χ3v) is 3.28. The van der Waals surface area contributed by atoms with E-state index in [-0.39, 0.29) is 0 Å².